The number of nitro benzene ring substituents is 1. The Morgan fingerprint density at radius 2 is 2.32 bits per heavy atom. The molecule has 0 saturated heterocycles. The first-order valence-electron chi connectivity index (χ1n) is 6.39. The number of H-pyrrole nitrogens is 1. The predicted octanol–water partition coefficient (Wildman–Crippen LogP) is 1.84. The summed E-state index contributed by atoms with van der Waals surface area (Å²) in [7, 11) is 0. The first kappa shape index (κ1) is 13.6. The molecular formula is C14H11N5O3. The molecule has 1 aromatic heterocycles. The Labute approximate surface area is 125 Å². The maximum Gasteiger partial charge on any atom is 0.269 e. The number of fused-ring (bicyclic) bond motifs is 1. The number of nitrogens with zero attached hydrogens (tertiary/aromatic N) is 3. The van der Waals surface area contributed by atoms with Crippen LogP contribution in [0.1, 0.15) is 23.0 Å². The number of hydrogen-bond donors (Lipinski definition) is 2. The van der Waals surface area contributed by atoms with Crippen LogP contribution in [0.25, 0.3) is 0 Å². The number of nitriles is 1. The second-order valence-electron chi connectivity index (χ2n) is 4.82. The highest BCUT2D eigenvalue weighted by atomic mass is 16.6. The summed E-state index contributed by atoms with van der Waals surface area (Å²) in [4.78, 5) is 17.7. The summed E-state index contributed by atoms with van der Waals surface area (Å²) in [6.45, 7) is 1.74. The molecule has 110 valence electrons. The van der Waals surface area contributed by atoms with Gasteiger partial charge in [0.25, 0.3) is 5.69 Å². The molecule has 3 rings (SSSR count). The molecule has 0 amide bonds. The van der Waals surface area contributed by atoms with Crippen LogP contribution in [-0.2, 0) is 0 Å². The van der Waals surface area contributed by atoms with Crippen LogP contribution in [0.3, 0.4) is 0 Å². The van der Waals surface area contributed by atoms with Crippen molar-refractivity contribution < 1.29 is 9.66 Å². The molecule has 0 spiro atoms. The number of allylic oxidation sites excluding steroid dienone is 1. The Kier molecular flexibility index (Phi) is 3.03. The number of aromatic nitrogens is 2. The van der Waals surface area contributed by atoms with E-state index in [-0.39, 0.29) is 23.0 Å². The Balaban J connectivity index is 2.21. The van der Waals surface area contributed by atoms with E-state index in [1.54, 1.807) is 19.1 Å². The SMILES string of the molecule is Cc1nc2c([nH]1)[C@H](c1cccc([N+](=O)[O-])c1)C(C#N)=C(N)O2. The van der Waals surface area contributed by atoms with Gasteiger partial charge in [0.1, 0.15) is 17.5 Å². The summed E-state index contributed by atoms with van der Waals surface area (Å²) in [5.74, 6) is 0.269. The molecule has 0 unspecified atom stereocenters. The summed E-state index contributed by atoms with van der Waals surface area (Å²) < 4.78 is 5.34. The molecule has 0 fully saturated rings. The number of imidazole rings is 1. The van der Waals surface area contributed by atoms with Gasteiger partial charge >= 0.3 is 0 Å². The second-order valence-corrected chi connectivity index (χ2v) is 4.82. The number of non-ortho nitro benzene ring substituents is 1. The van der Waals surface area contributed by atoms with Crippen molar-refractivity contribution in [3.63, 3.8) is 0 Å². The largest absolute Gasteiger partial charge is 0.420 e. The highest BCUT2D eigenvalue weighted by Crippen LogP contribution is 2.41. The molecule has 0 aliphatic carbocycles. The van der Waals surface area contributed by atoms with Crippen molar-refractivity contribution in [2.45, 2.75) is 12.8 Å². The second kappa shape index (κ2) is 4.89. The maximum absolute atomic E-state index is 11.0. The van der Waals surface area contributed by atoms with E-state index in [1.807, 2.05) is 6.07 Å². The Hall–Kier alpha value is -3.34. The van der Waals surface area contributed by atoms with E-state index in [2.05, 4.69) is 9.97 Å². The molecule has 1 aliphatic rings. The number of benzene rings is 1. The van der Waals surface area contributed by atoms with Crippen LogP contribution in [-0.4, -0.2) is 14.9 Å². The fraction of sp³-hybridized carbons (Fsp3) is 0.143. The summed E-state index contributed by atoms with van der Waals surface area (Å²) in [5.41, 5.74) is 7.05. The number of aryl methyl sites for hydroxylation is 1. The van der Waals surface area contributed by atoms with Gasteiger partial charge in [-0.1, -0.05) is 12.1 Å². The molecule has 0 saturated carbocycles. The number of aromatic amines is 1. The van der Waals surface area contributed by atoms with Crippen molar-refractivity contribution in [3.8, 4) is 11.9 Å². The number of rotatable bonds is 2. The fourth-order valence-electron chi connectivity index (χ4n) is 2.48. The van der Waals surface area contributed by atoms with Gasteiger partial charge in [-0.05, 0) is 12.5 Å². The van der Waals surface area contributed by atoms with Gasteiger partial charge in [0.15, 0.2) is 0 Å². The van der Waals surface area contributed by atoms with Gasteiger partial charge in [-0.2, -0.15) is 10.2 Å². The van der Waals surface area contributed by atoms with Crippen LogP contribution in [0.2, 0.25) is 0 Å². The molecule has 8 nitrogen and oxygen atoms in total. The molecule has 22 heavy (non-hydrogen) atoms. The number of nitrogens with two attached hydrogens (primary N) is 1. The number of hydrogen-bond acceptors (Lipinski definition) is 6. The average molecular weight is 297 g/mol. The van der Waals surface area contributed by atoms with E-state index in [9.17, 15) is 15.4 Å². The van der Waals surface area contributed by atoms with Gasteiger partial charge in [0.2, 0.25) is 11.8 Å². The van der Waals surface area contributed by atoms with Crippen LogP contribution in [0.5, 0.6) is 5.88 Å². The summed E-state index contributed by atoms with van der Waals surface area (Å²) >= 11 is 0. The minimum Gasteiger partial charge on any atom is -0.420 e. The molecular weight excluding hydrogens is 286 g/mol. The van der Waals surface area contributed by atoms with Gasteiger partial charge in [-0.25, -0.2) is 0 Å². The number of nitrogens with one attached hydrogen (secondary N) is 1. The third kappa shape index (κ3) is 2.05. The van der Waals surface area contributed by atoms with E-state index >= 15 is 0 Å². The first-order chi connectivity index (χ1) is 10.5. The lowest BCUT2D eigenvalue weighted by atomic mass is 9.87. The minimum atomic E-state index is -0.574. The average Bonchev–Trinajstić information content (AvgIpc) is 2.85. The minimum absolute atomic E-state index is 0.0435. The zero-order valence-corrected chi connectivity index (χ0v) is 11.5. The number of ether oxygens (including phenoxy) is 1. The summed E-state index contributed by atoms with van der Waals surface area (Å²) in [6.07, 6.45) is 0. The predicted molar refractivity (Wildman–Crippen MR) is 75.7 cm³/mol. The molecule has 8 heteroatoms. The molecule has 1 atom stereocenters. The number of nitro groups is 1. The van der Waals surface area contributed by atoms with Crippen molar-refractivity contribution in [2.75, 3.05) is 0 Å². The fourth-order valence-corrected chi connectivity index (χ4v) is 2.48. The van der Waals surface area contributed by atoms with Crippen LogP contribution < -0.4 is 10.5 Å². The molecule has 1 aromatic carbocycles. The third-order valence-electron chi connectivity index (χ3n) is 3.40. The normalized spacial score (nSPS) is 16.6. The maximum atomic E-state index is 11.0. The van der Waals surface area contributed by atoms with Crippen LogP contribution in [0.4, 0.5) is 5.69 Å². The molecule has 1 aliphatic heterocycles. The molecule has 2 heterocycles. The Bertz CT molecular complexity index is 846. The van der Waals surface area contributed by atoms with Crippen LogP contribution >= 0.6 is 0 Å². The topological polar surface area (TPSA) is 131 Å². The standard InChI is InChI=1S/C14H11N5O3/c1-7-17-12-11(8-3-2-4-9(5-8)19(20)21)10(6-15)13(16)22-14(12)18-7/h2-5,11H,16H2,1H3,(H,17,18)/t11-/m1/s1. The molecule has 0 bridgehead atoms. The van der Waals surface area contributed by atoms with Gasteiger partial charge < -0.3 is 15.5 Å². The smallest absolute Gasteiger partial charge is 0.269 e. The zero-order chi connectivity index (χ0) is 15.9. The van der Waals surface area contributed by atoms with E-state index in [0.717, 1.165) is 0 Å². The summed E-state index contributed by atoms with van der Waals surface area (Å²) in [6, 6.07) is 8.09. The van der Waals surface area contributed by atoms with E-state index in [4.69, 9.17) is 10.5 Å². The summed E-state index contributed by atoms with van der Waals surface area (Å²) in [5, 5.41) is 20.3. The Morgan fingerprint density at radius 3 is 3.00 bits per heavy atom. The lowest BCUT2D eigenvalue weighted by Gasteiger charge is -2.22. The van der Waals surface area contributed by atoms with Crippen molar-refractivity contribution in [1.82, 2.24) is 9.97 Å². The first-order valence-corrected chi connectivity index (χ1v) is 6.39. The zero-order valence-electron chi connectivity index (χ0n) is 11.5. The van der Waals surface area contributed by atoms with Crippen molar-refractivity contribution >= 4 is 5.69 Å². The lowest BCUT2D eigenvalue weighted by Crippen LogP contribution is -2.21. The van der Waals surface area contributed by atoms with Gasteiger partial charge in [-0.3, -0.25) is 10.1 Å². The highest BCUT2D eigenvalue weighted by Gasteiger charge is 2.33. The van der Waals surface area contributed by atoms with Crippen molar-refractivity contribution in [2.24, 2.45) is 5.73 Å². The van der Waals surface area contributed by atoms with Crippen LogP contribution in [0, 0.1) is 28.4 Å². The molecule has 3 N–H and O–H groups in total. The molecule has 0 radical (unpaired) electrons. The van der Waals surface area contributed by atoms with Crippen molar-refractivity contribution in [1.29, 1.82) is 5.26 Å². The van der Waals surface area contributed by atoms with Gasteiger partial charge in [0, 0.05) is 12.1 Å². The van der Waals surface area contributed by atoms with Crippen molar-refractivity contribution in [3.05, 3.63) is 62.9 Å². The van der Waals surface area contributed by atoms with Gasteiger partial charge in [0.05, 0.1) is 16.5 Å². The van der Waals surface area contributed by atoms with E-state index in [0.29, 0.717) is 17.1 Å². The Morgan fingerprint density at radius 1 is 1.55 bits per heavy atom. The quantitative estimate of drug-likeness (QED) is 0.642. The van der Waals surface area contributed by atoms with E-state index in [1.165, 1.54) is 12.1 Å². The van der Waals surface area contributed by atoms with Crippen LogP contribution in [0.15, 0.2) is 35.7 Å². The highest BCUT2D eigenvalue weighted by molar-refractivity contribution is 5.53. The van der Waals surface area contributed by atoms with E-state index < -0.39 is 10.8 Å². The van der Waals surface area contributed by atoms with Gasteiger partial charge in [-0.15, -0.1) is 0 Å². The lowest BCUT2D eigenvalue weighted by molar-refractivity contribution is -0.384. The monoisotopic (exact) mass is 297 g/mol. The third-order valence-corrected chi connectivity index (χ3v) is 3.40. The molecule has 2 aromatic rings.